The van der Waals surface area contributed by atoms with Crippen molar-refractivity contribution in [3.05, 3.63) is 23.3 Å². The first-order valence-corrected chi connectivity index (χ1v) is 5.84. The Balaban J connectivity index is 2.32. The maximum Gasteiger partial charge on any atom is 0.180 e. The number of carbonyl (C=O) groups is 1. The summed E-state index contributed by atoms with van der Waals surface area (Å²) < 4.78 is 0. The van der Waals surface area contributed by atoms with E-state index >= 15 is 0 Å². The number of carbonyl (C=O) groups excluding carboxylic acids is 1. The molecule has 0 spiro atoms. The predicted molar refractivity (Wildman–Crippen MR) is 64.5 cm³/mol. The Bertz CT molecular complexity index is 454. The summed E-state index contributed by atoms with van der Waals surface area (Å²) >= 11 is 0. The van der Waals surface area contributed by atoms with Crippen molar-refractivity contribution in [3.8, 4) is 11.5 Å². The molecule has 1 aromatic rings. The second kappa shape index (κ2) is 4.37. The van der Waals surface area contributed by atoms with Crippen molar-refractivity contribution in [2.75, 3.05) is 0 Å². The van der Waals surface area contributed by atoms with E-state index in [0.29, 0.717) is 5.56 Å². The van der Waals surface area contributed by atoms with Crippen LogP contribution in [0.2, 0.25) is 0 Å². The Labute approximate surface area is 100 Å². The topological polar surface area (TPSA) is 69.6 Å². The van der Waals surface area contributed by atoms with Gasteiger partial charge in [0.2, 0.25) is 0 Å². The number of aromatic hydroxyl groups is 2. The zero-order chi connectivity index (χ0) is 12.6. The maximum absolute atomic E-state index is 12.2. The van der Waals surface area contributed by atoms with Crippen molar-refractivity contribution < 1.29 is 15.0 Å². The Morgan fingerprint density at radius 1 is 1.29 bits per heavy atom. The molecule has 0 saturated carbocycles. The van der Waals surface area contributed by atoms with E-state index in [0.717, 1.165) is 18.4 Å². The summed E-state index contributed by atoms with van der Waals surface area (Å²) in [5.74, 6) is -0.399. The lowest BCUT2D eigenvalue weighted by atomic mass is 9.86. The van der Waals surface area contributed by atoms with Gasteiger partial charge in [-0.05, 0) is 30.5 Å². The van der Waals surface area contributed by atoms with Crippen LogP contribution in [0.4, 0.5) is 0 Å². The number of hydrogen-bond donors (Lipinski definition) is 3. The van der Waals surface area contributed by atoms with Gasteiger partial charge in [-0.25, -0.2) is 0 Å². The molecule has 92 valence electrons. The Kier molecular flexibility index (Phi) is 3.07. The van der Waals surface area contributed by atoms with E-state index in [1.54, 1.807) is 0 Å². The molecule has 1 unspecified atom stereocenters. The molecule has 0 heterocycles. The highest BCUT2D eigenvalue weighted by Crippen LogP contribution is 2.32. The second-order valence-electron chi connectivity index (χ2n) is 4.77. The smallest absolute Gasteiger partial charge is 0.180 e. The lowest BCUT2D eigenvalue weighted by molar-refractivity contribution is 0.0922. The highest BCUT2D eigenvalue weighted by Gasteiger charge is 2.28. The summed E-state index contributed by atoms with van der Waals surface area (Å²) in [6.07, 6.45) is 1.47. The van der Waals surface area contributed by atoms with Crippen LogP contribution >= 0.6 is 0 Å². The van der Waals surface area contributed by atoms with Crippen molar-refractivity contribution in [1.82, 2.24) is 5.32 Å². The van der Waals surface area contributed by atoms with Crippen LogP contribution in [0.3, 0.4) is 0 Å². The fourth-order valence-corrected chi connectivity index (χ4v) is 2.24. The second-order valence-corrected chi connectivity index (χ2v) is 4.77. The standard InChI is InChI=1S/C13H17NO3/c1-7(2)14-10-4-3-8-5-11(15)12(16)6-9(8)13(10)17/h5-7,10,14-16H,3-4H2,1-2H3. The third-order valence-electron chi connectivity index (χ3n) is 3.02. The fraction of sp³-hybridized carbons (Fsp3) is 0.462. The first-order chi connectivity index (χ1) is 7.99. The van der Waals surface area contributed by atoms with Gasteiger partial charge < -0.3 is 15.5 Å². The van der Waals surface area contributed by atoms with E-state index in [4.69, 9.17) is 0 Å². The number of fused-ring (bicyclic) bond motifs is 1. The molecular weight excluding hydrogens is 218 g/mol. The summed E-state index contributed by atoms with van der Waals surface area (Å²) in [5.41, 5.74) is 1.33. The zero-order valence-corrected chi connectivity index (χ0v) is 10.0. The summed E-state index contributed by atoms with van der Waals surface area (Å²) in [4.78, 5) is 12.2. The average molecular weight is 235 g/mol. The lowest BCUT2D eigenvalue weighted by Crippen LogP contribution is -2.43. The van der Waals surface area contributed by atoms with Gasteiger partial charge in [0.05, 0.1) is 6.04 Å². The van der Waals surface area contributed by atoms with Crippen molar-refractivity contribution in [3.63, 3.8) is 0 Å². The van der Waals surface area contributed by atoms with Crippen LogP contribution in [-0.2, 0) is 6.42 Å². The molecule has 1 aliphatic carbocycles. The Morgan fingerprint density at radius 2 is 1.94 bits per heavy atom. The molecule has 0 aliphatic heterocycles. The van der Waals surface area contributed by atoms with Gasteiger partial charge in [0.15, 0.2) is 17.3 Å². The van der Waals surface area contributed by atoms with E-state index in [1.165, 1.54) is 12.1 Å². The third kappa shape index (κ3) is 2.26. The normalized spacial score (nSPS) is 19.5. The number of phenols is 2. The van der Waals surface area contributed by atoms with Gasteiger partial charge in [0, 0.05) is 11.6 Å². The first-order valence-electron chi connectivity index (χ1n) is 5.84. The summed E-state index contributed by atoms with van der Waals surface area (Å²) in [7, 11) is 0. The minimum absolute atomic E-state index is 0.00440. The van der Waals surface area contributed by atoms with E-state index in [9.17, 15) is 15.0 Å². The van der Waals surface area contributed by atoms with Crippen molar-refractivity contribution in [2.24, 2.45) is 0 Å². The summed E-state index contributed by atoms with van der Waals surface area (Å²) in [6.45, 7) is 3.99. The van der Waals surface area contributed by atoms with Gasteiger partial charge in [-0.15, -0.1) is 0 Å². The highest BCUT2D eigenvalue weighted by atomic mass is 16.3. The minimum atomic E-state index is -0.234. The molecular formula is C13H17NO3. The van der Waals surface area contributed by atoms with Crippen LogP contribution in [0.15, 0.2) is 12.1 Å². The van der Waals surface area contributed by atoms with Gasteiger partial charge >= 0.3 is 0 Å². The molecule has 0 aromatic heterocycles. The number of ketones is 1. The largest absolute Gasteiger partial charge is 0.504 e. The number of hydrogen-bond acceptors (Lipinski definition) is 4. The van der Waals surface area contributed by atoms with Gasteiger partial charge in [-0.1, -0.05) is 13.8 Å². The number of phenolic OH excluding ortho intramolecular Hbond substituents is 2. The number of nitrogens with one attached hydrogen (secondary N) is 1. The van der Waals surface area contributed by atoms with Crippen LogP contribution in [0, 0.1) is 0 Å². The molecule has 0 amide bonds. The molecule has 0 bridgehead atoms. The molecule has 3 N–H and O–H groups in total. The lowest BCUT2D eigenvalue weighted by Gasteiger charge is -2.26. The van der Waals surface area contributed by atoms with Crippen molar-refractivity contribution in [1.29, 1.82) is 0 Å². The predicted octanol–water partition coefficient (Wildman–Crippen LogP) is 1.59. The van der Waals surface area contributed by atoms with Crippen LogP contribution in [-0.4, -0.2) is 28.1 Å². The van der Waals surface area contributed by atoms with Crippen LogP contribution in [0.5, 0.6) is 11.5 Å². The Morgan fingerprint density at radius 3 is 2.59 bits per heavy atom. The Hall–Kier alpha value is -1.55. The number of rotatable bonds is 2. The molecule has 2 rings (SSSR count). The third-order valence-corrected chi connectivity index (χ3v) is 3.02. The highest BCUT2D eigenvalue weighted by molar-refractivity contribution is 6.03. The molecule has 0 saturated heterocycles. The molecule has 1 atom stereocenters. The molecule has 4 heteroatoms. The number of aryl methyl sites for hydroxylation is 1. The molecule has 17 heavy (non-hydrogen) atoms. The summed E-state index contributed by atoms with van der Waals surface area (Å²) in [5, 5.41) is 22.0. The number of benzene rings is 1. The van der Waals surface area contributed by atoms with E-state index < -0.39 is 0 Å². The van der Waals surface area contributed by atoms with Crippen LogP contribution < -0.4 is 5.32 Å². The van der Waals surface area contributed by atoms with Crippen LogP contribution in [0.25, 0.3) is 0 Å². The molecule has 0 radical (unpaired) electrons. The van der Waals surface area contributed by atoms with Gasteiger partial charge in [-0.2, -0.15) is 0 Å². The van der Waals surface area contributed by atoms with Gasteiger partial charge in [0.1, 0.15) is 0 Å². The van der Waals surface area contributed by atoms with Crippen molar-refractivity contribution >= 4 is 5.78 Å². The van der Waals surface area contributed by atoms with Gasteiger partial charge in [0.25, 0.3) is 0 Å². The minimum Gasteiger partial charge on any atom is -0.504 e. The molecule has 0 fully saturated rings. The van der Waals surface area contributed by atoms with Crippen molar-refractivity contribution in [2.45, 2.75) is 38.8 Å². The summed E-state index contributed by atoms with van der Waals surface area (Å²) in [6, 6.07) is 2.90. The van der Waals surface area contributed by atoms with E-state index in [-0.39, 0.29) is 29.4 Å². The quantitative estimate of drug-likeness (QED) is 0.681. The molecule has 1 aromatic carbocycles. The van der Waals surface area contributed by atoms with Crippen LogP contribution in [0.1, 0.15) is 36.2 Å². The number of Topliss-reactive ketones (excluding diaryl/α,β-unsaturated/α-hetero) is 1. The zero-order valence-electron chi connectivity index (χ0n) is 10.0. The van der Waals surface area contributed by atoms with Gasteiger partial charge in [-0.3, -0.25) is 4.79 Å². The molecule has 1 aliphatic rings. The average Bonchev–Trinajstić information content (AvgIpc) is 2.25. The molecule has 4 nitrogen and oxygen atoms in total. The first kappa shape index (κ1) is 11.9. The van der Waals surface area contributed by atoms with E-state index in [1.807, 2.05) is 13.8 Å². The SMILES string of the molecule is CC(C)NC1CCc2cc(O)c(O)cc2C1=O. The monoisotopic (exact) mass is 235 g/mol. The fourth-order valence-electron chi connectivity index (χ4n) is 2.24. The van der Waals surface area contributed by atoms with E-state index in [2.05, 4.69) is 5.32 Å². The maximum atomic E-state index is 12.2.